The molecule has 0 spiro atoms. The molecular weight excluding hydrogens is 230 g/mol. The van der Waals surface area contributed by atoms with E-state index in [1.807, 2.05) is 6.07 Å². The van der Waals surface area contributed by atoms with E-state index in [0.717, 1.165) is 31.6 Å². The Bertz CT molecular complexity index is 461. The van der Waals surface area contributed by atoms with E-state index >= 15 is 0 Å². The first kappa shape index (κ1) is 12.7. The summed E-state index contributed by atoms with van der Waals surface area (Å²) in [5, 5.41) is 10.8. The lowest BCUT2D eigenvalue weighted by Gasteiger charge is -2.38. The maximum atomic E-state index is 10.8. The molecule has 2 N–H and O–H groups in total. The molecule has 1 aromatic rings. The van der Waals surface area contributed by atoms with Gasteiger partial charge in [0.1, 0.15) is 0 Å². The van der Waals surface area contributed by atoms with Gasteiger partial charge in [-0.3, -0.25) is 10.1 Å². The summed E-state index contributed by atoms with van der Waals surface area (Å²) in [6.07, 6.45) is 2.19. The molecular formula is C13H19N3O2. The second-order valence-electron chi connectivity index (χ2n) is 5.69. The Kier molecular flexibility index (Phi) is 3.15. The van der Waals surface area contributed by atoms with Gasteiger partial charge in [-0.15, -0.1) is 0 Å². The summed E-state index contributed by atoms with van der Waals surface area (Å²) in [5.41, 5.74) is 7.46. The summed E-state index contributed by atoms with van der Waals surface area (Å²) in [7, 11) is 0. The fourth-order valence-corrected chi connectivity index (χ4v) is 2.28. The lowest BCUT2D eigenvalue weighted by Crippen LogP contribution is -2.37. The molecule has 0 aromatic heterocycles. The topological polar surface area (TPSA) is 72.4 Å². The SMILES string of the molecule is CC1(C)CCN(c2cc(N)cc([N+](=O)[O-])c2)CC1. The van der Waals surface area contributed by atoms with Crippen molar-refractivity contribution >= 4 is 17.1 Å². The van der Waals surface area contributed by atoms with Crippen molar-refractivity contribution in [3.05, 3.63) is 28.3 Å². The van der Waals surface area contributed by atoms with Gasteiger partial charge in [0, 0.05) is 36.6 Å². The van der Waals surface area contributed by atoms with E-state index in [4.69, 9.17) is 5.73 Å². The van der Waals surface area contributed by atoms with Crippen LogP contribution in [0, 0.1) is 15.5 Å². The van der Waals surface area contributed by atoms with Crippen LogP contribution in [0.15, 0.2) is 18.2 Å². The molecule has 2 rings (SSSR count). The molecule has 0 saturated carbocycles. The minimum atomic E-state index is -0.395. The number of hydrogen-bond acceptors (Lipinski definition) is 4. The standard InChI is InChI=1S/C13H19N3O2/c1-13(2)3-5-15(6-4-13)11-7-10(14)8-12(9-11)16(17)18/h7-9H,3-6,14H2,1-2H3. The molecule has 1 aliphatic heterocycles. The third kappa shape index (κ3) is 2.72. The second-order valence-corrected chi connectivity index (χ2v) is 5.69. The quantitative estimate of drug-likeness (QED) is 0.497. The molecule has 5 heteroatoms. The summed E-state index contributed by atoms with van der Waals surface area (Å²) in [6, 6.07) is 4.82. The number of piperidine rings is 1. The molecule has 1 fully saturated rings. The van der Waals surface area contributed by atoms with Crippen LogP contribution in [0.25, 0.3) is 0 Å². The minimum Gasteiger partial charge on any atom is -0.398 e. The Morgan fingerprint density at radius 1 is 1.28 bits per heavy atom. The largest absolute Gasteiger partial charge is 0.398 e. The summed E-state index contributed by atoms with van der Waals surface area (Å²) < 4.78 is 0. The Hall–Kier alpha value is -1.78. The van der Waals surface area contributed by atoms with Gasteiger partial charge < -0.3 is 10.6 Å². The smallest absolute Gasteiger partial charge is 0.273 e. The highest BCUT2D eigenvalue weighted by molar-refractivity contribution is 5.62. The zero-order valence-corrected chi connectivity index (χ0v) is 10.8. The predicted molar refractivity (Wildman–Crippen MR) is 72.7 cm³/mol. The van der Waals surface area contributed by atoms with Gasteiger partial charge in [-0.05, 0) is 24.3 Å². The highest BCUT2D eigenvalue weighted by Gasteiger charge is 2.26. The van der Waals surface area contributed by atoms with Crippen molar-refractivity contribution in [3.8, 4) is 0 Å². The lowest BCUT2D eigenvalue weighted by atomic mass is 9.82. The first-order valence-corrected chi connectivity index (χ1v) is 6.17. The van der Waals surface area contributed by atoms with Crippen molar-refractivity contribution in [2.75, 3.05) is 23.7 Å². The van der Waals surface area contributed by atoms with E-state index in [1.54, 1.807) is 6.07 Å². The molecule has 0 amide bonds. The van der Waals surface area contributed by atoms with Gasteiger partial charge in [0.25, 0.3) is 5.69 Å². The Morgan fingerprint density at radius 3 is 2.44 bits per heavy atom. The van der Waals surface area contributed by atoms with Crippen LogP contribution in [0.4, 0.5) is 17.1 Å². The number of nitrogen functional groups attached to an aromatic ring is 1. The number of benzene rings is 1. The maximum absolute atomic E-state index is 10.8. The molecule has 1 saturated heterocycles. The molecule has 5 nitrogen and oxygen atoms in total. The first-order chi connectivity index (χ1) is 8.37. The molecule has 18 heavy (non-hydrogen) atoms. The van der Waals surface area contributed by atoms with E-state index in [1.165, 1.54) is 6.07 Å². The van der Waals surface area contributed by atoms with Crippen LogP contribution in [-0.2, 0) is 0 Å². The molecule has 0 aliphatic carbocycles. The monoisotopic (exact) mass is 249 g/mol. The van der Waals surface area contributed by atoms with Crippen LogP contribution in [0.2, 0.25) is 0 Å². The number of nitrogens with zero attached hydrogens (tertiary/aromatic N) is 2. The molecule has 1 heterocycles. The Morgan fingerprint density at radius 2 is 1.89 bits per heavy atom. The van der Waals surface area contributed by atoms with Crippen LogP contribution < -0.4 is 10.6 Å². The number of nitro benzene ring substituents is 1. The average Bonchev–Trinajstić information content (AvgIpc) is 2.28. The molecule has 1 aliphatic rings. The molecule has 1 aromatic carbocycles. The molecule has 0 radical (unpaired) electrons. The maximum Gasteiger partial charge on any atom is 0.273 e. The third-order valence-electron chi connectivity index (χ3n) is 3.62. The second kappa shape index (κ2) is 4.48. The van der Waals surface area contributed by atoms with E-state index in [9.17, 15) is 10.1 Å². The summed E-state index contributed by atoms with van der Waals surface area (Å²) in [6.45, 7) is 6.36. The Labute approximate surface area is 107 Å². The van der Waals surface area contributed by atoms with Gasteiger partial charge in [0.05, 0.1) is 4.92 Å². The fourth-order valence-electron chi connectivity index (χ4n) is 2.28. The third-order valence-corrected chi connectivity index (χ3v) is 3.62. The molecule has 0 atom stereocenters. The number of nitro groups is 1. The van der Waals surface area contributed by atoms with Crippen LogP contribution in [-0.4, -0.2) is 18.0 Å². The molecule has 0 bridgehead atoms. The normalized spacial score (nSPS) is 18.7. The Balaban J connectivity index is 2.21. The zero-order valence-electron chi connectivity index (χ0n) is 10.8. The first-order valence-electron chi connectivity index (χ1n) is 6.17. The van der Waals surface area contributed by atoms with Crippen molar-refractivity contribution in [2.24, 2.45) is 5.41 Å². The van der Waals surface area contributed by atoms with E-state index < -0.39 is 4.92 Å². The van der Waals surface area contributed by atoms with E-state index in [-0.39, 0.29) is 5.69 Å². The minimum absolute atomic E-state index is 0.0647. The van der Waals surface area contributed by atoms with E-state index in [2.05, 4.69) is 18.7 Å². The highest BCUT2D eigenvalue weighted by Crippen LogP contribution is 2.34. The van der Waals surface area contributed by atoms with Crippen LogP contribution >= 0.6 is 0 Å². The van der Waals surface area contributed by atoms with Crippen molar-refractivity contribution in [3.63, 3.8) is 0 Å². The summed E-state index contributed by atoms with van der Waals surface area (Å²) in [4.78, 5) is 12.6. The van der Waals surface area contributed by atoms with Crippen molar-refractivity contribution in [1.29, 1.82) is 0 Å². The number of non-ortho nitro benzene ring substituents is 1. The summed E-state index contributed by atoms with van der Waals surface area (Å²) >= 11 is 0. The lowest BCUT2D eigenvalue weighted by molar-refractivity contribution is -0.384. The fraction of sp³-hybridized carbons (Fsp3) is 0.538. The molecule has 98 valence electrons. The van der Waals surface area contributed by atoms with Gasteiger partial charge in [-0.1, -0.05) is 13.8 Å². The summed E-state index contributed by atoms with van der Waals surface area (Å²) in [5.74, 6) is 0. The van der Waals surface area contributed by atoms with Gasteiger partial charge >= 0.3 is 0 Å². The van der Waals surface area contributed by atoms with Gasteiger partial charge in [-0.25, -0.2) is 0 Å². The predicted octanol–water partition coefficient (Wildman–Crippen LogP) is 2.80. The van der Waals surface area contributed by atoms with Crippen LogP contribution in [0.3, 0.4) is 0 Å². The highest BCUT2D eigenvalue weighted by atomic mass is 16.6. The zero-order chi connectivity index (χ0) is 13.3. The van der Waals surface area contributed by atoms with Crippen molar-refractivity contribution in [2.45, 2.75) is 26.7 Å². The number of rotatable bonds is 2. The van der Waals surface area contributed by atoms with Gasteiger partial charge in [0.15, 0.2) is 0 Å². The molecule has 0 unspecified atom stereocenters. The van der Waals surface area contributed by atoms with Gasteiger partial charge in [0.2, 0.25) is 0 Å². The van der Waals surface area contributed by atoms with Crippen LogP contribution in [0.5, 0.6) is 0 Å². The number of nitrogens with two attached hydrogens (primary N) is 1. The average molecular weight is 249 g/mol. The number of anilines is 2. The van der Waals surface area contributed by atoms with Crippen molar-refractivity contribution < 1.29 is 4.92 Å². The van der Waals surface area contributed by atoms with E-state index in [0.29, 0.717) is 11.1 Å². The number of hydrogen-bond donors (Lipinski definition) is 1. The van der Waals surface area contributed by atoms with Gasteiger partial charge in [-0.2, -0.15) is 0 Å². The van der Waals surface area contributed by atoms with Crippen LogP contribution in [0.1, 0.15) is 26.7 Å². The van der Waals surface area contributed by atoms with Crippen molar-refractivity contribution in [1.82, 2.24) is 0 Å².